The van der Waals surface area contributed by atoms with E-state index in [1.165, 1.54) is 4.57 Å². The van der Waals surface area contributed by atoms with Crippen LogP contribution in [-0.4, -0.2) is 18.0 Å². The van der Waals surface area contributed by atoms with Gasteiger partial charge in [-0.15, -0.1) is 0 Å². The number of hydrogen-bond donors (Lipinski definition) is 0. The Kier molecular flexibility index (Phi) is 10.3. The highest BCUT2D eigenvalue weighted by atomic mass is 16.5. The molecule has 0 radical (unpaired) electrons. The maximum absolute atomic E-state index is 12.0. The van der Waals surface area contributed by atoms with Crippen LogP contribution in [-0.2, 0) is 16.2 Å². The van der Waals surface area contributed by atoms with Crippen LogP contribution in [0.5, 0.6) is 23.0 Å². The minimum absolute atomic E-state index is 0.00345. The van der Waals surface area contributed by atoms with E-state index >= 15 is 0 Å². The fourth-order valence-electron chi connectivity index (χ4n) is 15.7. The number of aromatic nitrogens is 1. The maximum Gasteiger partial charge on any atom is 0.260 e. The van der Waals surface area contributed by atoms with Crippen LogP contribution < -0.4 is 52.1 Å². The molecule has 0 unspecified atom stereocenters. The zero-order valence-electron chi connectivity index (χ0n) is 77.2. The molecular weight excluding hydrogens is 1250 g/mol. The summed E-state index contributed by atoms with van der Waals surface area (Å²) in [5.74, 6) is -1.33. The first kappa shape index (κ1) is 45.2. The van der Waals surface area contributed by atoms with Crippen molar-refractivity contribution in [3.8, 4) is 84.3 Å². The van der Waals surface area contributed by atoms with E-state index in [1.807, 2.05) is 131 Å². The summed E-state index contributed by atoms with van der Waals surface area (Å²) in [7, 11) is 0. The van der Waals surface area contributed by atoms with Gasteiger partial charge in [0.1, 0.15) is 23.0 Å². The van der Waals surface area contributed by atoms with Gasteiger partial charge in [0.2, 0.25) is 0 Å². The molecule has 0 amide bonds. The van der Waals surface area contributed by atoms with Crippen LogP contribution in [0.4, 0.5) is 34.1 Å². The smallest absolute Gasteiger partial charge is 0.260 e. The highest BCUT2D eigenvalue weighted by Crippen LogP contribution is 2.57. The van der Waals surface area contributed by atoms with Gasteiger partial charge in [0, 0.05) is 73.0 Å². The molecule has 0 fully saturated rings. The summed E-state index contributed by atoms with van der Waals surface area (Å²) < 4.78 is 209. The van der Waals surface area contributed by atoms with Crippen LogP contribution in [0.25, 0.3) is 83.1 Å². The molecule has 0 aliphatic carbocycles. The lowest BCUT2D eigenvalue weighted by atomic mass is 9.30. The second kappa shape index (κ2) is 23.4. The number of anilines is 6. The van der Waals surface area contributed by atoms with Gasteiger partial charge >= 0.3 is 0 Å². The lowest BCUT2D eigenvalue weighted by Gasteiger charge is -2.48. The van der Waals surface area contributed by atoms with Crippen LogP contribution in [0, 0.1) is 0 Å². The van der Waals surface area contributed by atoms with E-state index in [9.17, 15) is 26.0 Å². The average Bonchev–Trinajstić information content (AvgIpc) is 0.709. The van der Waals surface area contributed by atoms with Crippen molar-refractivity contribution >= 4 is 102 Å². The summed E-state index contributed by atoms with van der Waals surface area (Å²) in [6.45, 7) is 15.8. The van der Waals surface area contributed by atoms with Crippen molar-refractivity contribution in [3.05, 3.63) is 320 Å². The van der Waals surface area contributed by atoms with Crippen LogP contribution in [0.3, 0.4) is 0 Å². The Morgan fingerprint density at radius 2 is 0.757 bits per heavy atom. The van der Waals surface area contributed by atoms with E-state index in [4.69, 9.17) is 9.47 Å². The molecule has 0 N–H and O–H groups in total. The Hall–Kier alpha value is -11.8. The first-order valence-electron chi connectivity index (χ1n) is 44.3. The van der Waals surface area contributed by atoms with E-state index in [0.717, 1.165) is 22.3 Å². The number of nitrogens with zero attached hydrogens (tertiary/aromatic N) is 3. The molecule has 14 aromatic carbocycles. The largest absolute Gasteiger partial charge is 0.459 e. The van der Waals surface area contributed by atoms with Crippen LogP contribution in [0.15, 0.2) is 303 Å². The summed E-state index contributed by atoms with van der Waals surface area (Å²) in [6, 6.07) is 48.7. The quantitative estimate of drug-likeness (QED) is 0.142. The summed E-state index contributed by atoms with van der Waals surface area (Å²) >= 11 is 0. The van der Waals surface area contributed by atoms with Crippen molar-refractivity contribution in [1.82, 2.24) is 4.57 Å². The molecule has 0 bridgehead atoms. The number of rotatable bonds is 8. The Morgan fingerprint density at radius 3 is 1.25 bits per heavy atom. The van der Waals surface area contributed by atoms with E-state index in [-0.39, 0.29) is 77.6 Å². The number of para-hydroxylation sites is 3. The number of benzene rings is 14. The van der Waals surface area contributed by atoms with Crippen molar-refractivity contribution in [3.63, 3.8) is 0 Å². The molecule has 1 aromatic heterocycles. The Morgan fingerprint density at radius 1 is 0.330 bits per heavy atom. The summed E-state index contributed by atoms with van der Waals surface area (Å²) in [6.07, 6.45) is 0. The topological polar surface area (TPSA) is 29.9 Å². The number of ether oxygens (including phenoxy) is 2. The average molecular weight is 1350 g/mol. The highest BCUT2D eigenvalue weighted by Gasteiger charge is 2.52. The fraction of sp³-hybridized carbons (Fsp3) is 0.125. The van der Waals surface area contributed by atoms with Gasteiger partial charge in [0.15, 0.2) is 0 Å². The second-order valence-corrected chi connectivity index (χ2v) is 30.1. The molecule has 494 valence electrons. The molecule has 19 rings (SSSR count). The van der Waals surface area contributed by atoms with Crippen molar-refractivity contribution in [2.75, 3.05) is 9.80 Å². The third-order valence-corrected chi connectivity index (χ3v) is 20.7. The summed E-state index contributed by atoms with van der Waals surface area (Å²) in [5, 5.41) is -0.226. The van der Waals surface area contributed by atoms with Gasteiger partial charge in [-0.1, -0.05) is 286 Å². The van der Waals surface area contributed by atoms with Gasteiger partial charge in [0.25, 0.3) is 13.4 Å². The first-order valence-corrected chi connectivity index (χ1v) is 34.8. The molecule has 0 spiro atoms. The molecule has 103 heavy (non-hydrogen) atoms. The summed E-state index contributed by atoms with van der Waals surface area (Å²) in [4.78, 5) is 3.98. The van der Waals surface area contributed by atoms with Gasteiger partial charge < -0.3 is 23.8 Å². The SMILES string of the molecule is [2H]c1c([2H])c([2H])c2c(c1[2H])Oc1c([2H])c3c(c4c1B2c1c([2H])c([2H])c([2H])c([2H])c1O4)B1c2c(cc(C(C)(C)C)cc2N3c2c(-c3ccccc3)cc(C(C)(C)C)cc2-c2ccccc2)N(c2c(-c3ccccc3)cc(C(C)(C)C)cc2-c2ccccc2)c2c([2H])c(-n3c4c([2H])c([2H])c([2H])c([2H])c4c4c(-c5ccccc5)c([2H])c([2H])c([2H])c43)c([2H])c([2H])c21. The van der Waals surface area contributed by atoms with E-state index in [2.05, 4.69) is 98.7 Å². The molecule has 5 nitrogen and oxygen atoms in total. The van der Waals surface area contributed by atoms with Gasteiger partial charge in [-0.25, -0.2) is 0 Å². The van der Waals surface area contributed by atoms with E-state index < -0.39 is 162 Å². The Labute approximate surface area is 631 Å². The molecule has 0 saturated heterocycles. The van der Waals surface area contributed by atoms with Gasteiger partial charge in [-0.05, 0) is 166 Å². The predicted molar refractivity (Wildman–Crippen MR) is 436 cm³/mol. The highest BCUT2D eigenvalue weighted by molar-refractivity contribution is 7.03. The molecule has 7 heteroatoms. The standard InChI is InChI=1S/C96H77B2N3O2/c1-94(2,3)65-52-71(61-34-17-11-18-35-61)91(72(53-65)62-36-19-12-20-37-62)100-80-58-68(99-78-46-28-25-42-70(78)87-69(43-31-47-79(87)99)60-32-15-10-16-33-60)50-51-75(80)98-88-81(100)56-67(96(7,8)9)57-82(88)101(92-73(63-38-21-13-22-39-63)54-66(95(4,5)6)55-74(92)64-40-23-14-24-41-64)83-59-86-90-93(89(83)98)103-85-49-30-27-45-77(85)97(90)76-44-26-29-48-84(76)102-86/h10-59H,1-9H3/i25D,26D,27D,28D,29D,30D,31D,42D,43D,44D,45D,46D,47D,48D,49D,50D,51D,58D,59D. The predicted octanol–water partition coefficient (Wildman–Crippen LogP) is 21.8. The lowest BCUT2D eigenvalue weighted by Crippen LogP contribution is -2.65. The minimum atomic E-state index is -1.62. The third-order valence-electron chi connectivity index (χ3n) is 20.7. The van der Waals surface area contributed by atoms with Crippen molar-refractivity contribution in [1.29, 1.82) is 0 Å². The molecule has 0 atom stereocenters. The normalized spacial score (nSPS) is 16.0. The molecule has 4 aliphatic rings. The van der Waals surface area contributed by atoms with Gasteiger partial charge in [-0.3, -0.25) is 0 Å². The van der Waals surface area contributed by atoms with Crippen molar-refractivity contribution < 1.29 is 35.5 Å². The van der Waals surface area contributed by atoms with Crippen LogP contribution in [0.2, 0.25) is 0 Å². The zero-order valence-corrected chi connectivity index (χ0v) is 58.2. The van der Waals surface area contributed by atoms with Crippen molar-refractivity contribution in [2.24, 2.45) is 0 Å². The second-order valence-electron chi connectivity index (χ2n) is 30.1. The molecular formula is C96H77B2N3O2. The molecule has 5 heterocycles. The third kappa shape index (κ3) is 9.90. The van der Waals surface area contributed by atoms with Crippen LogP contribution in [0.1, 0.15) is 105 Å². The summed E-state index contributed by atoms with van der Waals surface area (Å²) in [5.41, 5.74) is 6.97. The first-order chi connectivity index (χ1) is 58.0. The fourth-order valence-corrected chi connectivity index (χ4v) is 15.7. The number of fused-ring (bicyclic) bond motifs is 12. The van der Waals surface area contributed by atoms with Gasteiger partial charge in [0.05, 0.1) is 48.5 Å². The number of hydrogen-bond acceptors (Lipinski definition) is 4. The van der Waals surface area contributed by atoms with E-state index in [1.54, 1.807) is 30.3 Å². The Balaban J connectivity index is 1.10. The van der Waals surface area contributed by atoms with E-state index in [0.29, 0.717) is 72.7 Å². The zero-order chi connectivity index (χ0) is 86.3. The monoisotopic (exact) mass is 1340 g/mol. The molecule has 4 aliphatic heterocycles. The lowest BCUT2D eigenvalue weighted by molar-refractivity contribution is 0.467. The maximum atomic E-state index is 12.0. The molecule has 15 aromatic rings. The van der Waals surface area contributed by atoms with Gasteiger partial charge in [-0.2, -0.15) is 0 Å². The van der Waals surface area contributed by atoms with Crippen LogP contribution >= 0.6 is 0 Å². The minimum Gasteiger partial charge on any atom is -0.459 e. The Bertz CT molecular complexity index is 6990. The van der Waals surface area contributed by atoms with Crippen molar-refractivity contribution in [2.45, 2.75) is 78.6 Å². The molecule has 0 saturated carbocycles.